The van der Waals surface area contributed by atoms with Gasteiger partial charge in [0.15, 0.2) is 0 Å². The molecule has 1 atom stereocenters. The van der Waals surface area contributed by atoms with Crippen LogP contribution in [0.15, 0.2) is 0 Å². The molecule has 4 heteroatoms. The molecular formula is C15H31N3O. The van der Waals surface area contributed by atoms with Crippen LogP contribution in [0.4, 0.5) is 0 Å². The molecule has 0 aliphatic carbocycles. The summed E-state index contributed by atoms with van der Waals surface area (Å²) in [5.41, 5.74) is 0. The first-order valence-electron chi connectivity index (χ1n) is 7.87. The van der Waals surface area contributed by atoms with Crippen molar-refractivity contribution < 1.29 is 4.79 Å². The molecule has 1 aliphatic rings. The number of nitrogens with one attached hydrogen (secondary N) is 2. The molecule has 1 unspecified atom stereocenters. The molecule has 1 aliphatic heterocycles. The Hall–Kier alpha value is -0.610. The highest BCUT2D eigenvalue weighted by molar-refractivity contribution is 5.76. The topological polar surface area (TPSA) is 44.4 Å². The van der Waals surface area contributed by atoms with Gasteiger partial charge in [-0.25, -0.2) is 0 Å². The number of amides is 1. The smallest absolute Gasteiger partial charge is 0.221 e. The Morgan fingerprint density at radius 1 is 1.37 bits per heavy atom. The second-order valence-electron chi connectivity index (χ2n) is 5.92. The fraction of sp³-hybridized carbons (Fsp3) is 0.933. The Morgan fingerprint density at radius 3 is 2.74 bits per heavy atom. The van der Waals surface area contributed by atoms with Crippen molar-refractivity contribution >= 4 is 5.91 Å². The fourth-order valence-corrected chi connectivity index (χ4v) is 2.66. The minimum absolute atomic E-state index is 0.174. The number of nitrogens with zero attached hydrogens (tertiary/aromatic N) is 1. The minimum atomic E-state index is 0.174. The highest BCUT2D eigenvalue weighted by Gasteiger charge is 2.16. The molecule has 0 aromatic carbocycles. The van der Waals surface area contributed by atoms with Crippen LogP contribution in [0.2, 0.25) is 0 Å². The van der Waals surface area contributed by atoms with Gasteiger partial charge in [0.2, 0.25) is 5.91 Å². The van der Waals surface area contributed by atoms with Crippen molar-refractivity contribution in [3.8, 4) is 0 Å². The maximum Gasteiger partial charge on any atom is 0.221 e. The van der Waals surface area contributed by atoms with E-state index < -0.39 is 0 Å². The number of rotatable bonds is 8. The van der Waals surface area contributed by atoms with Crippen molar-refractivity contribution in [2.45, 2.75) is 65.0 Å². The SMILES string of the molecule is CCCN(CCC(=O)NC(C)C)CC1CCCCN1. The molecular weight excluding hydrogens is 238 g/mol. The summed E-state index contributed by atoms with van der Waals surface area (Å²) in [6.07, 6.45) is 5.69. The van der Waals surface area contributed by atoms with Gasteiger partial charge < -0.3 is 15.5 Å². The summed E-state index contributed by atoms with van der Waals surface area (Å²) < 4.78 is 0. The predicted octanol–water partition coefficient (Wildman–Crippen LogP) is 1.76. The lowest BCUT2D eigenvalue weighted by Gasteiger charge is -2.30. The summed E-state index contributed by atoms with van der Waals surface area (Å²) in [6, 6.07) is 0.862. The molecule has 1 saturated heterocycles. The minimum Gasteiger partial charge on any atom is -0.354 e. The molecule has 4 nitrogen and oxygen atoms in total. The molecule has 1 amide bonds. The molecule has 0 aromatic rings. The maximum atomic E-state index is 11.7. The van der Waals surface area contributed by atoms with Crippen LogP contribution >= 0.6 is 0 Å². The summed E-state index contributed by atoms with van der Waals surface area (Å²) in [5, 5.41) is 6.55. The van der Waals surface area contributed by atoms with Gasteiger partial charge in [0.25, 0.3) is 0 Å². The molecule has 1 heterocycles. The molecule has 1 fully saturated rings. The van der Waals surface area contributed by atoms with E-state index >= 15 is 0 Å². The largest absolute Gasteiger partial charge is 0.354 e. The number of hydrogen-bond donors (Lipinski definition) is 2. The van der Waals surface area contributed by atoms with Gasteiger partial charge in [-0.05, 0) is 46.2 Å². The van der Waals surface area contributed by atoms with E-state index in [-0.39, 0.29) is 11.9 Å². The summed E-state index contributed by atoms with van der Waals surface area (Å²) >= 11 is 0. The van der Waals surface area contributed by atoms with Gasteiger partial charge in [-0.3, -0.25) is 4.79 Å². The van der Waals surface area contributed by atoms with E-state index in [1.54, 1.807) is 0 Å². The van der Waals surface area contributed by atoms with Gasteiger partial charge in [-0.2, -0.15) is 0 Å². The molecule has 112 valence electrons. The van der Waals surface area contributed by atoms with Gasteiger partial charge in [0.1, 0.15) is 0 Å². The molecule has 0 spiro atoms. The zero-order chi connectivity index (χ0) is 14.1. The average Bonchev–Trinajstić information content (AvgIpc) is 2.37. The van der Waals surface area contributed by atoms with Crippen molar-refractivity contribution in [3.05, 3.63) is 0 Å². The van der Waals surface area contributed by atoms with E-state index in [9.17, 15) is 4.79 Å². The maximum absolute atomic E-state index is 11.7. The summed E-state index contributed by atoms with van der Waals surface area (Å²) in [6.45, 7) is 10.4. The molecule has 0 radical (unpaired) electrons. The highest BCUT2D eigenvalue weighted by atomic mass is 16.1. The Kier molecular flexibility index (Phi) is 8.07. The van der Waals surface area contributed by atoms with Crippen LogP contribution in [0.25, 0.3) is 0 Å². The van der Waals surface area contributed by atoms with Gasteiger partial charge >= 0.3 is 0 Å². The van der Waals surface area contributed by atoms with Crippen LogP contribution in [0.5, 0.6) is 0 Å². The fourth-order valence-electron chi connectivity index (χ4n) is 2.66. The standard InChI is InChI=1S/C15H31N3O/c1-4-10-18(11-8-15(19)17-13(2)3)12-14-7-5-6-9-16-14/h13-14,16H,4-12H2,1-3H3,(H,17,19). The lowest BCUT2D eigenvalue weighted by Crippen LogP contribution is -2.45. The van der Waals surface area contributed by atoms with Crippen LogP contribution in [-0.2, 0) is 4.79 Å². The third-order valence-electron chi connectivity index (χ3n) is 3.54. The van der Waals surface area contributed by atoms with Gasteiger partial charge in [-0.15, -0.1) is 0 Å². The van der Waals surface area contributed by atoms with E-state index in [1.165, 1.54) is 19.3 Å². The Morgan fingerprint density at radius 2 is 2.16 bits per heavy atom. The van der Waals surface area contributed by atoms with Gasteiger partial charge in [0.05, 0.1) is 0 Å². The highest BCUT2D eigenvalue weighted by Crippen LogP contribution is 2.09. The molecule has 0 saturated carbocycles. The summed E-state index contributed by atoms with van der Waals surface area (Å²) in [5.74, 6) is 0.174. The predicted molar refractivity (Wildman–Crippen MR) is 80.3 cm³/mol. The van der Waals surface area contributed by atoms with E-state index in [4.69, 9.17) is 0 Å². The normalized spacial score (nSPS) is 19.9. The number of carbonyl (C=O) groups is 1. The van der Waals surface area contributed by atoms with Crippen LogP contribution in [-0.4, -0.2) is 49.1 Å². The first kappa shape index (κ1) is 16.4. The average molecular weight is 269 g/mol. The van der Waals surface area contributed by atoms with Crippen LogP contribution in [0, 0.1) is 0 Å². The Labute approximate surface area is 118 Å². The third kappa shape index (κ3) is 7.53. The number of hydrogen-bond acceptors (Lipinski definition) is 3. The number of piperidine rings is 1. The van der Waals surface area contributed by atoms with Gasteiger partial charge in [0, 0.05) is 31.6 Å². The molecule has 0 aromatic heterocycles. The van der Waals surface area contributed by atoms with Crippen molar-refractivity contribution in [2.75, 3.05) is 26.2 Å². The summed E-state index contributed by atoms with van der Waals surface area (Å²) in [4.78, 5) is 14.1. The zero-order valence-corrected chi connectivity index (χ0v) is 12.9. The second kappa shape index (κ2) is 9.32. The third-order valence-corrected chi connectivity index (χ3v) is 3.54. The van der Waals surface area contributed by atoms with Crippen molar-refractivity contribution in [2.24, 2.45) is 0 Å². The molecule has 0 bridgehead atoms. The van der Waals surface area contributed by atoms with E-state index in [1.807, 2.05) is 13.8 Å². The van der Waals surface area contributed by atoms with Crippen LogP contribution in [0.3, 0.4) is 0 Å². The second-order valence-corrected chi connectivity index (χ2v) is 5.92. The quantitative estimate of drug-likeness (QED) is 0.706. The Balaban J connectivity index is 2.28. The van der Waals surface area contributed by atoms with Crippen LogP contribution in [0.1, 0.15) is 52.9 Å². The molecule has 2 N–H and O–H groups in total. The summed E-state index contributed by atoms with van der Waals surface area (Å²) in [7, 11) is 0. The van der Waals surface area contributed by atoms with Crippen molar-refractivity contribution in [1.82, 2.24) is 15.5 Å². The molecule has 1 rings (SSSR count). The lowest BCUT2D eigenvalue weighted by atomic mass is 10.0. The van der Waals surface area contributed by atoms with Gasteiger partial charge in [-0.1, -0.05) is 13.3 Å². The van der Waals surface area contributed by atoms with E-state index in [2.05, 4.69) is 22.5 Å². The van der Waals surface area contributed by atoms with E-state index in [0.717, 1.165) is 32.6 Å². The monoisotopic (exact) mass is 269 g/mol. The van der Waals surface area contributed by atoms with Crippen molar-refractivity contribution in [3.63, 3.8) is 0 Å². The zero-order valence-electron chi connectivity index (χ0n) is 12.9. The Bertz CT molecular complexity index is 250. The first-order chi connectivity index (χ1) is 9.11. The first-order valence-corrected chi connectivity index (χ1v) is 7.87. The lowest BCUT2D eigenvalue weighted by molar-refractivity contribution is -0.121. The number of carbonyl (C=O) groups excluding carboxylic acids is 1. The van der Waals surface area contributed by atoms with Crippen LogP contribution < -0.4 is 10.6 Å². The molecule has 19 heavy (non-hydrogen) atoms. The van der Waals surface area contributed by atoms with Crippen molar-refractivity contribution in [1.29, 1.82) is 0 Å². The van der Waals surface area contributed by atoms with E-state index in [0.29, 0.717) is 12.5 Å².